The fourth-order valence-electron chi connectivity index (χ4n) is 5.00. The molecule has 7 nitrogen and oxygen atoms in total. The number of aryl methyl sites for hydroxylation is 2. The summed E-state index contributed by atoms with van der Waals surface area (Å²) in [4.78, 5) is 21.9. The van der Waals surface area contributed by atoms with Crippen molar-refractivity contribution in [1.82, 2.24) is 14.5 Å². The molecule has 0 saturated heterocycles. The average Bonchev–Trinajstić information content (AvgIpc) is 3.75. The van der Waals surface area contributed by atoms with Gasteiger partial charge in [0.05, 0.1) is 10.9 Å². The van der Waals surface area contributed by atoms with Crippen LogP contribution in [0.2, 0.25) is 0 Å². The van der Waals surface area contributed by atoms with Gasteiger partial charge in [-0.15, -0.1) is 0 Å². The Hall–Kier alpha value is -3.78. The van der Waals surface area contributed by atoms with Gasteiger partial charge >= 0.3 is 0 Å². The molecule has 1 atom stereocenters. The van der Waals surface area contributed by atoms with Crippen molar-refractivity contribution in [2.24, 2.45) is 5.92 Å². The van der Waals surface area contributed by atoms with Crippen LogP contribution in [0, 0.1) is 12.8 Å². The number of pyridine rings is 1. The van der Waals surface area contributed by atoms with Crippen LogP contribution >= 0.6 is 0 Å². The molecular formula is C30H31N3O4S. The van der Waals surface area contributed by atoms with Gasteiger partial charge in [-0.1, -0.05) is 61.9 Å². The number of benzene rings is 2. The third-order valence-electron chi connectivity index (χ3n) is 7.12. The van der Waals surface area contributed by atoms with Crippen LogP contribution in [0.15, 0.2) is 87.5 Å². The van der Waals surface area contributed by atoms with Gasteiger partial charge in [-0.05, 0) is 61.4 Å². The van der Waals surface area contributed by atoms with Crippen LogP contribution in [0.5, 0.6) is 5.88 Å². The third-order valence-corrected chi connectivity index (χ3v) is 8.91. The van der Waals surface area contributed by atoms with E-state index < -0.39 is 26.2 Å². The highest BCUT2D eigenvalue weighted by atomic mass is 32.2. The van der Waals surface area contributed by atoms with E-state index in [9.17, 15) is 18.3 Å². The first kappa shape index (κ1) is 25.9. The maximum atomic E-state index is 14.0. The van der Waals surface area contributed by atoms with Crippen molar-refractivity contribution >= 4 is 9.84 Å². The quantitative estimate of drug-likeness (QED) is 0.307. The van der Waals surface area contributed by atoms with Crippen molar-refractivity contribution in [3.05, 3.63) is 100 Å². The molecule has 0 spiro atoms. The number of sulfone groups is 1. The van der Waals surface area contributed by atoms with Gasteiger partial charge in [0.15, 0.2) is 4.90 Å². The Labute approximate surface area is 222 Å². The Balaban J connectivity index is 1.64. The van der Waals surface area contributed by atoms with E-state index in [1.54, 1.807) is 18.3 Å². The normalized spacial score (nSPS) is 14.4. The van der Waals surface area contributed by atoms with Crippen LogP contribution in [0.4, 0.5) is 0 Å². The molecule has 1 fully saturated rings. The van der Waals surface area contributed by atoms with Crippen molar-refractivity contribution in [3.8, 4) is 17.0 Å². The van der Waals surface area contributed by atoms with Gasteiger partial charge in [0.25, 0.3) is 5.56 Å². The smallest absolute Gasteiger partial charge is 0.277 e. The highest BCUT2D eigenvalue weighted by molar-refractivity contribution is 7.91. The van der Waals surface area contributed by atoms with E-state index >= 15 is 0 Å². The van der Waals surface area contributed by atoms with Crippen molar-refractivity contribution in [3.63, 3.8) is 0 Å². The lowest BCUT2D eigenvalue weighted by molar-refractivity contribution is 0.399. The molecule has 0 aliphatic heterocycles. The van der Waals surface area contributed by atoms with Crippen molar-refractivity contribution in [2.45, 2.75) is 61.8 Å². The molecule has 4 aromatic rings. The van der Waals surface area contributed by atoms with Crippen LogP contribution in [0.1, 0.15) is 55.7 Å². The predicted molar refractivity (Wildman–Crippen MR) is 146 cm³/mol. The van der Waals surface area contributed by atoms with Crippen molar-refractivity contribution < 1.29 is 13.5 Å². The predicted octanol–water partition coefficient (Wildman–Crippen LogP) is 5.49. The topological polar surface area (TPSA) is 102 Å². The summed E-state index contributed by atoms with van der Waals surface area (Å²) in [6.45, 7) is 3.92. The van der Waals surface area contributed by atoms with Crippen LogP contribution in [0.25, 0.3) is 11.1 Å². The highest BCUT2D eigenvalue weighted by Gasteiger charge is 2.38. The minimum atomic E-state index is -4.35. The van der Waals surface area contributed by atoms with Crippen LogP contribution < -0.4 is 5.56 Å². The summed E-state index contributed by atoms with van der Waals surface area (Å²) >= 11 is 0. The Morgan fingerprint density at radius 2 is 1.74 bits per heavy atom. The summed E-state index contributed by atoms with van der Waals surface area (Å²) in [6, 6.07) is 19.3. The Kier molecular flexibility index (Phi) is 7.17. The molecule has 1 aliphatic rings. The molecule has 1 N–H and O–H groups in total. The molecule has 5 rings (SSSR count). The second-order valence-electron chi connectivity index (χ2n) is 9.82. The van der Waals surface area contributed by atoms with Crippen molar-refractivity contribution in [2.75, 3.05) is 0 Å². The number of hydrogen-bond acceptors (Lipinski definition) is 6. The van der Waals surface area contributed by atoms with Crippen molar-refractivity contribution in [1.29, 1.82) is 0 Å². The Morgan fingerprint density at radius 1 is 1.03 bits per heavy atom. The molecule has 196 valence electrons. The summed E-state index contributed by atoms with van der Waals surface area (Å²) in [6.07, 6.45) is 5.69. The Morgan fingerprint density at radius 3 is 2.37 bits per heavy atom. The zero-order valence-corrected chi connectivity index (χ0v) is 22.4. The lowest BCUT2D eigenvalue weighted by atomic mass is 10.0. The van der Waals surface area contributed by atoms with E-state index in [2.05, 4.69) is 9.97 Å². The van der Waals surface area contributed by atoms with Crippen LogP contribution in [-0.2, 0) is 16.3 Å². The standard InChI is InChI=1S/C30H31N3O4S/c1-3-4-12-26-32-29(34)28(30(35)33(26)27(23-13-14-23)22-9-6-5-7-10-22)38(36,37)24-17-15-21(16-18-24)25-11-8-19-31-20(25)2/h5-11,15-19,23,27,34H,3-4,12-14H2,1-2H3. The molecule has 1 aliphatic carbocycles. The largest absolute Gasteiger partial charge is 0.492 e. The second-order valence-corrected chi connectivity index (χ2v) is 11.7. The number of aromatic nitrogens is 3. The first-order valence-electron chi connectivity index (χ1n) is 13.0. The molecule has 38 heavy (non-hydrogen) atoms. The summed E-state index contributed by atoms with van der Waals surface area (Å²) in [5, 5.41) is 10.9. The molecule has 0 radical (unpaired) electrons. The van der Waals surface area contributed by atoms with Gasteiger partial charge in [0.2, 0.25) is 15.7 Å². The molecule has 2 aromatic heterocycles. The molecule has 1 unspecified atom stereocenters. The minimum absolute atomic E-state index is 0.0764. The number of unbranched alkanes of at least 4 members (excludes halogenated alkanes) is 1. The summed E-state index contributed by atoms with van der Waals surface area (Å²) in [7, 11) is -4.35. The lowest BCUT2D eigenvalue weighted by Gasteiger charge is -2.24. The summed E-state index contributed by atoms with van der Waals surface area (Å²) in [5.74, 6) is -0.122. The summed E-state index contributed by atoms with van der Waals surface area (Å²) < 4.78 is 29.1. The average molecular weight is 530 g/mol. The summed E-state index contributed by atoms with van der Waals surface area (Å²) in [5.41, 5.74) is 2.72. The number of hydrogen-bond donors (Lipinski definition) is 1. The van der Waals surface area contributed by atoms with E-state index in [1.165, 1.54) is 16.7 Å². The van der Waals surface area contributed by atoms with Crippen LogP contribution in [-0.4, -0.2) is 28.1 Å². The molecule has 2 aromatic carbocycles. The van der Waals surface area contributed by atoms with Gasteiger partial charge in [0, 0.05) is 23.9 Å². The van der Waals surface area contributed by atoms with E-state index in [1.807, 2.05) is 56.3 Å². The third kappa shape index (κ3) is 4.88. The zero-order valence-electron chi connectivity index (χ0n) is 21.5. The SMILES string of the molecule is CCCCc1nc(O)c(S(=O)(=O)c2ccc(-c3cccnc3C)cc2)c(=O)n1C(c1ccccc1)C1CC1. The molecule has 8 heteroatoms. The molecule has 0 bridgehead atoms. The van der Waals surface area contributed by atoms with Gasteiger partial charge in [-0.25, -0.2) is 8.42 Å². The monoisotopic (exact) mass is 529 g/mol. The van der Waals surface area contributed by atoms with Gasteiger partial charge in [0.1, 0.15) is 5.82 Å². The minimum Gasteiger partial charge on any atom is -0.492 e. The molecule has 0 amide bonds. The van der Waals surface area contributed by atoms with E-state index in [0.717, 1.165) is 48.1 Å². The maximum Gasteiger partial charge on any atom is 0.277 e. The number of aromatic hydroxyl groups is 1. The molecule has 2 heterocycles. The molecule has 1 saturated carbocycles. The fourth-order valence-corrected chi connectivity index (χ4v) is 6.34. The van der Waals surface area contributed by atoms with E-state index in [-0.39, 0.29) is 16.9 Å². The number of nitrogens with zero attached hydrogens (tertiary/aromatic N) is 3. The first-order valence-corrected chi connectivity index (χ1v) is 14.5. The van der Waals surface area contributed by atoms with Gasteiger partial charge in [-0.2, -0.15) is 4.98 Å². The molecular weight excluding hydrogens is 498 g/mol. The van der Waals surface area contributed by atoms with E-state index in [0.29, 0.717) is 12.2 Å². The highest BCUT2D eigenvalue weighted by Crippen LogP contribution is 2.44. The van der Waals surface area contributed by atoms with E-state index in [4.69, 9.17) is 0 Å². The first-order chi connectivity index (χ1) is 18.3. The maximum absolute atomic E-state index is 14.0. The zero-order chi connectivity index (χ0) is 26.9. The Bertz CT molecular complexity index is 1610. The lowest BCUT2D eigenvalue weighted by Crippen LogP contribution is -2.34. The number of rotatable bonds is 9. The second kappa shape index (κ2) is 10.5. The van der Waals surface area contributed by atoms with Gasteiger partial charge < -0.3 is 5.11 Å². The van der Waals surface area contributed by atoms with Gasteiger partial charge in [-0.3, -0.25) is 14.3 Å². The fraction of sp³-hybridized carbons (Fsp3) is 0.300. The van der Waals surface area contributed by atoms with Crippen LogP contribution in [0.3, 0.4) is 0 Å².